The number of aryl methyl sites for hydroxylation is 1. The van der Waals surface area contributed by atoms with Gasteiger partial charge < -0.3 is 15.0 Å². The van der Waals surface area contributed by atoms with Crippen LogP contribution in [0.4, 0.5) is 0 Å². The fraction of sp³-hybridized carbons (Fsp3) is 0.455. The SMILES string of the molecule is CCn1cccc1C(=O)NCCCC(=O)O. The summed E-state index contributed by atoms with van der Waals surface area (Å²) in [7, 11) is 0. The van der Waals surface area contributed by atoms with Crippen LogP contribution in [0.5, 0.6) is 0 Å². The van der Waals surface area contributed by atoms with Crippen LogP contribution in [-0.4, -0.2) is 28.1 Å². The minimum atomic E-state index is -0.841. The molecule has 5 nitrogen and oxygen atoms in total. The number of carbonyl (C=O) groups excluding carboxylic acids is 1. The van der Waals surface area contributed by atoms with Crippen LogP contribution in [0.2, 0.25) is 0 Å². The van der Waals surface area contributed by atoms with Gasteiger partial charge in [-0.2, -0.15) is 0 Å². The molecule has 0 unspecified atom stereocenters. The first-order chi connectivity index (χ1) is 7.65. The van der Waals surface area contributed by atoms with E-state index in [4.69, 9.17) is 5.11 Å². The summed E-state index contributed by atoms with van der Waals surface area (Å²) in [5.74, 6) is -0.997. The van der Waals surface area contributed by atoms with E-state index in [1.165, 1.54) is 0 Å². The molecule has 0 aliphatic carbocycles. The van der Waals surface area contributed by atoms with Gasteiger partial charge in [-0.05, 0) is 25.5 Å². The monoisotopic (exact) mass is 224 g/mol. The molecule has 1 rings (SSSR count). The van der Waals surface area contributed by atoms with Crippen LogP contribution in [0.15, 0.2) is 18.3 Å². The average Bonchev–Trinajstić information content (AvgIpc) is 2.71. The Morgan fingerprint density at radius 2 is 2.25 bits per heavy atom. The summed E-state index contributed by atoms with van der Waals surface area (Å²) >= 11 is 0. The van der Waals surface area contributed by atoms with E-state index < -0.39 is 5.97 Å². The van der Waals surface area contributed by atoms with Crippen LogP contribution >= 0.6 is 0 Å². The molecule has 16 heavy (non-hydrogen) atoms. The fourth-order valence-electron chi connectivity index (χ4n) is 1.43. The van der Waals surface area contributed by atoms with Gasteiger partial charge in [-0.3, -0.25) is 9.59 Å². The molecule has 88 valence electrons. The smallest absolute Gasteiger partial charge is 0.303 e. The first kappa shape index (κ1) is 12.3. The van der Waals surface area contributed by atoms with Crippen LogP contribution in [0.1, 0.15) is 30.3 Å². The highest BCUT2D eigenvalue weighted by molar-refractivity contribution is 5.92. The summed E-state index contributed by atoms with van der Waals surface area (Å²) in [4.78, 5) is 21.9. The second kappa shape index (κ2) is 5.95. The highest BCUT2D eigenvalue weighted by Crippen LogP contribution is 2.01. The predicted octanol–water partition coefficient (Wildman–Crippen LogP) is 1.10. The van der Waals surface area contributed by atoms with Crippen molar-refractivity contribution in [3.05, 3.63) is 24.0 Å². The molecule has 0 saturated heterocycles. The molecule has 0 aliphatic heterocycles. The third-order valence-corrected chi connectivity index (χ3v) is 2.26. The minimum Gasteiger partial charge on any atom is -0.481 e. The molecule has 5 heteroatoms. The molecule has 1 aromatic rings. The van der Waals surface area contributed by atoms with E-state index >= 15 is 0 Å². The maximum atomic E-state index is 11.7. The molecule has 0 atom stereocenters. The van der Waals surface area contributed by atoms with Crippen molar-refractivity contribution in [2.45, 2.75) is 26.3 Å². The van der Waals surface area contributed by atoms with Gasteiger partial charge in [-0.25, -0.2) is 0 Å². The Hall–Kier alpha value is -1.78. The van der Waals surface area contributed by atoms with Gasteiger partial charge in [-0.1, -0.05) is 0 Å². The predicted molar refractivity (Wildman–Crippen MR) is 59.3 cm³/mol. The Balaban J connectivity index is 2.38. The van der Waals surface area contributed by atoms with Gasteiger partial charge in [0.15, 0.2) is 0 Å². The van der Waals surface area contributed by atoms with Crippen molar-refractivity contribution >= 4 is 11.9 Å². The fourth-order valence-corrected chi connectivity index (χ4v) is 1.43. The average molecular weight is 224 g/mol. The zero-order valence-electron chi connectivity index (χ0n) is 9.27. The van der Waals surface area contributed by atoms with Crippen molar-refractivity contribution in [2.24, 2.45) is 0 Å². The maximum absolute atomic E-state index is 11.7. The number of carbonyl (C=O) groups is 2. The largest absolute Gasteiger partial charge is 0.481 e. The number of amides is 1. The van der Waals surface area contributed by atoms with Crippen LogP contribution in [0.3, 0.4) is 0 Å². The van der Waals surface area contributed by atoms with E-state index in [-0.39, 0.29) is 12.3 Å². The van der Waals surface area contributed by atoms with Crippen molar-refractivity contribution in [3.8, 4) is 0 Å². The molecular weight excluding hydrogens is 208 g/mol. The standard InChI is InChI=1S/C11H16N2O3/c1-2-13-8-4-5-9(13)11(16)12-7-3-6-10(14)15/h4-5,8H,2-3,6-7H2,1H3,(H,12,16)(H,14,15). The number of rotatable bonds is 6. The molecule has 0 aromatic carbocycles. The molecular formula is C11H16N2O3. The van der Waals surface area contributed by atoms with E-state index in [2.05, 4.69) is 5.32 Å². The van der Waals surface area contributed by atoms with Crippen LogP contribution in [0.25, 0.3) is 0 Å². The Morgan fingerprint density at radius 1 is 1.50 bits per heavy atom. The van der Waals surface area contributed by atoms with E-state index in [9.17, 15) is 9.59 Å². The quantitative estimate of drug-likeness (QED) is 0.711. The highest BCUT2D eigenvalue weighted by atomic mass is 16.4. The molecule has 1 aromatic heterocycles. The van der Waals surface area contributed by atoms with Gasteiger partial charge in [0.25, 0.3) is 5.91 Å². The van der Waals surface area contributed by atoms with Crippen molar-refractivity contribution in [1.29, 1.82) is 0 Å². The molecule has 0 bridgehead atoms. The lowest BCUT2D eigenvalue weighted by atomic mass is 10.3. The topological polar surface area (TPSA) is 71.3 Å². The van der Waals surface area contributed by atoms with Crippen molar-refractivity contribution < 1.29 is 14.7 Å². The Kier molecular flexibility index (Phi) is 4.57. The summed E-state index contributed by atoms with van der Waals surface area (Å²) in [5, 5.41) is 11.1. The summed E-state index contributed by atoms with van der Waals surface area (Å²) in [6.45, 7) is 3.09. The van der Waals surface area contributed by atoms with E-state index in [1.807, 2.05) is 23.8 Å². The summed E-state index contributed by atoms with van der Waals surface area (Å²) in [5.41, 5.74) is 0.609. The van der Waals surface area contributed by atoms with Gasteiger partial charge in [0.05, 0.1) is 0 Å². The minimum absolute atomic E-state index is 0.0784. The number of aliphatic carboxylic acids is 1. The number of hydrogen-bond acceptors (Lipinski definition) is 2. The highest BCUT2D eigenvalue weighted by Gasteiger charge is 2.08. The Labute approximate surface area is 94.1 Å². The molecule has 0 spiro atoms. The molecule has 0 aliphatic rings. The third-order valence-electron chi connectivity index (χ3n) is 2.26. The van der Waals surface area contributed by atoms with E-state index in [1.54, 1.807) is 6.07 Å². The number of nitrogens with one attached hydrogen (secondary N) is 1. The van der Waals surface area contributed by atoms with Crippen molar-refractivity contribution in [3.63, 3.8) is 0 Å². The molecule has 0 fully saturated rings. The molecule has 1 amide bonds. The second-order valence-electron chi connectivity index (χ2n) is 3.43. The summed E-state index contributed by atoms with van der Waals surface area (Å²) in [6, 6.07) is 3.56. The number of hydrogen-bond donors (Lipinski definition) is 2. The second-order valence-corrected chi connectivity index (χ2v) is 3.43. The first-order valence-electron chi connectivity index (χ1n) is 5.30. The van der Waals surface area contributed by atoms with Crippen LogP contribution in [0, 0.1) is 0 Å². The molecule has 1 heterocycles. The number of carboxylic acid groups (broad SMARTS) is 1. The lowest BCUT2D eigenvalue weighted by molar-refractivity contribution is -0.137. The van der Waals surface area contributed by atoms with Gasteiger partial charge in [0, 0.05) is 25.7 Å². The third kappa shape index (κ3) is 3.42. The first-order valence-corrected chi connectivity index (χ1v) is 5.30. The van der Waals surface area contributed by atoms with Crippen molar-refractivity contribution in [1.82, 2.24) is 9.88 Å². The normalized spacial score (nSPS) is 10.1. The summed E-state index contributed by atoms with van der Waals surface area (Å²) < 4.78 is 1.84. The number of aromatic nitrogens is 1. The lowest BCUT2D eigenvalue weighted by Crippen LogP contribution is -2.27. The Bertz CT molecular complexity index is 371. The van der Waals surface area contributed by atoms with Gasteiger partial charge in [0.1, 0.15) is 5.69 Å². The molecule has 0 radical (unpaired) electrons. The molecule has 0 saturated carbocycles. The maximum Gasteiger partial charge on any atom is 0.303 e. The summed E-state index contributed by atoms with van der Waals surface area (Å²) in [6.07, 6.45) is 2.37. The zero-order chi connectivity index (χ0) is 12.0. The Morgan fingerprint density at radius 3 is 2.88 bits per heavy atom. The van der Waals surface area contributed by atoms with Gasteiger partial charge >= 0.3 is 5.97 Å². The van der Waals surface area contributed by atoms with E-state index in [0.29, 0.717) is 18.7 Å². The molecule has 2 N–H and O–H groups in total. The van der Waals surface area contributed by atoms with Crippen LogP contribution < -0.4 is 5.32 Å². The van der Waals surface area contributed by atoms with Crippen molar-refractivity contribution in [2.75, 3.05) is 6.54 Å². The zero-order valence-corrected chi connectivity index (χ0v) is 9.27. The van der Waals surface area contributed by atoms with Crippen LogP contribution in [-0.2, 0) is 11.3 Å². The number of nitrogens with zero attached hydrogens (tertiary/aromatic N) is 1. The lowest BCUT2D eigenvalue weighted by Gasteiger charge is -2.06. The van der Waals surface area contributed by atoms with E-state index in [0.717, 1.165) is 6.54 Å². The van der Waals surface area contributed by atoms with Gasteiger partial charge in [0.2, 0.25) is 0 Å². The number of carboxylic acids is 1. The van der Waals surface area contributed by atoms with Gasteiger partial charge in [-0.15, -0.1) is 0 Å².